The molecule has 0 aliphatic rings. The Morgan fingerprint density at radius 3 is 2.69 bits per heavy atom. The Morgan fingerprint density at radius 2 is 2.15 bits per heavy atom. The topological polar surface area (TPSA) is 76.4 Å². The number of ether oxygens (including phenoxy) is 1. The summed E-state index contributed by atoms with van der Waals surface area (Å²) in [5, 5.41) is 5.36. The van der Waals surface area contributed by atoms with Gasteiger partial charge < -0.3 is 21.1 Å². The predicted octanol–water partition coefficient (Wildman–Crippen LogP) is -0.331. The normalized spacial score (nSPS) is 10.2. The highest BCUT2D eigenvalue weighted by molar-refractivity contribution is 5.73. The first-order chi connectivity index (χ1) is 6.16. The van der Waals surface area contributed by atoms with Crippen molar-refractivity contribution in [2.24, 2.45) is 5.73 Å². The molecule has 0 aromatic rings. The predicted molar refractivity (Wildman–Crippen MR) is 51.5 cm³/mol. The summed E-state index contributed by atoms with van der Waals surface area (Å²) in [7, 11) is 0. The number of hydrogen-bond acceptors (Lipinski definition) is 3. The first-order valence-electron chi connectivity index (χ1n) is 4.49. The van der Waals surface area contributed by atoms with Crippen LogP contribution in [-0.2, 0) is 4.74 Å². The number of carbonyl (C=O) groups excluding carboxylic acids is 1. The molecule has 0 aliphatic heterocycles. The summed E-state index contributed by atoms with van der Waals surface area (Å²) in [5.41, 5.74) is 5.21. The minimum Gasteiger partial charge on any atom is -0.378 e. The number of nitrogens with one attached hydrogen (secondary N) is 2. The molecule has 0 aromatic heterocycles. The van der Waals surface area contributed by atoms with E-state index in [9.17, 15) is 4.79 Å². The van der Waals surface area contributed by atoms with E-state index in [2.05, 4.69) is 10.6 Å². The van der Waals surface area contributed by atoms with Crippen molar-refractivity contribution in [3.8, 4) is 0 Å². The monoisotopic (exact) mass is 189 g/mol. The zero-order valence-corrected chi connectivity index (χ0v) is 8.30. The maximum Gasteiger partial charge on any atom is 0.315 e. The molecule has 0 atom stereocenters. The van der Waals surface area contributed by atoms with Crippen molar-refractivity contribution < 1.29 is 9.53 Å². The lowest BCUT2D eigenvalue weighted by molar-refractivity contribution is 0.143. The quantitative estimate of drug-likeness (QED) is 0.501. The van der Waals surface area contributed by atoms with E-state index in [4.69, 9.17) is 10.5 Å². The maximum absolute atomic E-state index is 11.0. The minimum atomic E-state index is -0.161. The molecule has 4 N–H and O–H groups in total. The van der Waals surface area contributed by atoms with Gasteiger partial charge in [-0.05, 0) is 13.8 Å². The third-order valence-electron chi connectivity index (χ3n) is 1.21. The molecule has 5 heteroatoms. The van der Waals surface area contributed by atoms with Crippen molar-refractivity contribution in [1.82, 2.24) is 10.6 Å². The fraction of sp³-hybridized carbons (Fsp3) is 0.875. The second-order valence-corrected chi connectivity index (χ2v) is 2.96. The molecule has 0 spiro atoms. The number of amides is 2. The van der Waals surface area contributed by atoms with E-state index < -0.39 is 0 Å². The summed E-state index contributed by atoms with van der Waals surface area (Å²) in [6.45, 7) is 5.88. The van der Waals surface area contributed by atoms with Gasteiger partial charge in [0.05, 0.1) is 13.2 Å². The second-order valence-electron chi connectivity index (χ2n) is 2.96. The van der Waals surface area contributed by atoms with Crippen molar-refractivity contribution in [3.05, 3.63) is 0 Å². The SMILES string of the molecule is CC(C)NC(=O)NCCOCCN. The zero-order valence-electron chi connectivity index (χ0n) is 8.30. The van der Waals surface area contributed by atoms with Crippen LogP contribution < -0.4 is 16.4 Å². The summed E-state index contributed by atoms with van der Waals surface area (Å²) in [5.74, 6) is 0. The Hall–Kier alpha value is -0.810. The molecule has 2 amide bonds. The van der Waals surface area contributed by atoms with Gasteiger partial charge in [0.1, 0.15) is 0 Å². The Labute approximate surface area is 79.0 Å². The summed E-state index contributed by atoms with van der Waals surface area (Å²) in [4.78, 5) is 11.0. The van der Waals surface area contributed by atoms with Crippen LogP contribution in [0.25, 0.3) is 0 Å². The fourth-order valence-corrected chi connectivity index (χ4v) is 0.735. The first kappa shape index (κ1) is 12.2. The van der Waals surface area contributed by atoms with Gasteiger partial charge in [-0.15, -0.1) is 0 Å². The Kier molecular flexibility index (Phi) is 7.33. The van der Waals surface area contributed by atoms with Crippen molar-refractivity contribution in [2.75, 3.05) is 26.3 Å². The average Bonchev–Trinajstić information content (AvgIpc) is 2.02. The van der Waals surface area contributed by atoms with Crippen LogP contribution in [0.15, 0.2) is 0 Å². The van der Waals surface area contributed by atoms with Crippen molar-refractivity contribution >= 4 is 6.03 Å². The summed E-state index contributed by atoms with van der Waals surface area (Å²) in [6, 6.07) is -0.00342. The molecule has 0 aromatic carbocycles. The molecular formula is C8H19N3O2. The molecule has 5 nitrogen and oxygen atoms in total. The summed E-state index contributed by atoms with van der Waals surface area (Å²) < 4.78 is 5.07. The van der Waals surface area contributed by atoms with Crippen molar-refractivity contribution in [2.45, 2.75) is 19.9 Å². The molecule has 78 valence electrons. The third kappa shape index (κ3) is 9.10. The lowest BCUT2D eigenvalue weighted by Crippen LogP contribution is -2.40. The zero-order chi connectivity index (χ0) is 10.1. The average molecular weight is 189 g/mol. The van der Waals surface area contributed by atoms with Crippen LogP contribution in [0.5, 0.6) is 0 Å². The molecule has 0 bridgehead atoms. The highest BCUT2D eigenvalue weighted by Crippen LogP contribution is 1.76. The van der Waals surface area contributed by atoms with E-state index in [1.165, 1.54) is 0 Å². The molecule has 0 unspecified atom stereocenters. The van der Waals surface area contributed by atoms with Crippen molar-refractivity contribution in [1.29, 1.82) is 0 Å². The minimum absolute atomic E-state index is 0.157. The Morgan fingerprint density at radius 1 is 1.46 bits per heavy atom. The number of urea groups is 1. The van der Waals surface area contributed by atoms with E-state index in [0.29, 0.717) is 26.3 Å². The molecule has 0 saturated carbocycles. The number of nitrogens with two attached hydrogens (primary N) is 1. The highest BCUT2D eigenvalue weighted by Gasteiger charge is 1.99. The highest BCUT2D eigenvalue weighted by atomic mass is 16.5. The van der Waals surface area contributed by atoms with Crippen LogP contribution in [0.3, 0.4) is 0 Å². The van der Waals surface area contributed by atoms with Gasteiger partial charge >= 0.3 is 6.03 Å². The van der Waals surface area contributed by atoms with Crippen LogP contribution in [0.2, 0.25) is 0 Å². The van der Waals surface area contributed by atoms with Crippen LogP contribution in [0, 0.1) is 0 Å². The molecule has 0 fully saturated rings. The third-order valence-corrected chi connectivity index (χ3v) is 1.21. The van der Waals surface area contributed by atoms with Crippen LogP contribution in [-0.4, -0.2) is 38.4 Å². The first-order valence-corrected chi connectivity index (χ1v) is 4.49. The second kappa shape index (κ2) is 7.82. The van der Waals surface area contributed by atoms with Gasteiger partial charge in [0, 0.05) is 19.1 Å². The van der Waals surface area contributed by atoms with E-state index in [1.807, 2.05) is 13.8 Å². The Balaban J connectivity index is 3.17. The summed E-state index contributed by atoms with van der Waals surface area (Å²) in [6.07, 6.45) is 0. The van der Waals surface area contributed by atoms with E-state index >= 15 is 0 Å². The smallest absolute Gasteiger partial charge is 0.315 e. The van der Waals surface area contributed by atoms with Gasteiger partial charge in [-0.25, -0.2) is 4.79 Å². The van der Waals surface area contributed by atoms with Gasteiger partial charge in [0.15, 0.2) is 0 Å². The number of carbonyl (C=O) groups is 1. The van der Waals surface area contributed by atoms with Gasteiger partial charge in [-0.2, -0.15) is 0 Å². The van der Waals surface area contributed by atoms with E-state index in [-0.39, 0.29) is 12.1 Å². The molecular weight excluding hydrogens is 170 g/mol. The fourth-order valence-electron chi connectivity index (χ4n) is 0.735. The van der Waals surface area contributed by atoms with Gasteiger partial charge in [-0.3, -0.25) is 0 Å². The van der Waals surface area contributed by atoms with Crippen LogP contribution >= 0.6 is 0 Å². The largest absolute Gasteiger partial charge is 0.378 e. The van der Waals surface area contributed by atoms with E-state index in [0.717, 1.165) is 0 Å². The molecule has 13 heavy (non-hydrogen) atoms. The lowest BCUT2D eigenvalue weighted by Gasteiger charge is -2.09. The molecule has 0 aliphatic carbocycles. The Bertz CT molecular complexity index is 139. The van der Waals surface area contributed by atoms with Crippen LogP contribution in [0.4, 0.5) is 4.79 Å². The molecule has 0 saturated heterocycles. The van der Waals surface area contributed by atoms with E-state index in [1.54, 1.807) is 0 Å². The molecule has 0 rings (SSSR count). The van der Waals surface area contributed by atoms with Gasteiger partial charge in [0.25, 0.3) is 0 Å². The lowest BCUT2D eigenvalue weighted by atomic mass is 10.4. The van der Waals surface area contributed by atoms with Gasteiger partial charge in [0.2, 0.25) is 0 Å². The van der Waals surface area contributed by atoms with Crippen LogP contribution in [0.1, 0.15) is 13.8 Å². The number of hydrogen-bond donors (Lipinski definition) is 3. The maximum atomic E-state index is 11.0. The summed E-state index contributed by atoms with van der Waals surface area (Å²) >= 11 is 0. The molecule has 0 heterocycles. The number of rotatable bonds is 6. The van der Waals surface area contributed by atoms with Crippen molar-refractivity contribution in [3.63, 3.8) is 0 Å². The molecule has 0 radical (unpaired) electrons. The van der Waals surface area contributed by atoms with Gasteiger partial charge in [-0.1, -0.05) is 0 Å². The standard InChI is InChI=1S/C8H19N3O2/c1-7(2)11-8(12)10-4-6-13-5-3-9/h7H,3-6,9H2,1-2H3,(H2,10,11,12).